The Morgan fingerprint density at radius 3 is 2.59 bits per heavy atom. The predicted octanol–water partition coefficient (Wildman–Crippen LogP) is 3.91. The van der Waals surface area contributed by atoms with E-state index >= 15 is 0 Å². The molecule has 0 radical (unpaired) electrons. The molecule has 1 atom stereocenters. The number of amides is 3. The third-order valence-electron chi connectivity index (χ3n) is 4.56. The molecule has 0 aliphatic carbocycles. The highest BCUT2D eigenvalue weighted by Crippen LogP contribution is 2.30. The van der Waals surface area contributed by atoms with E-state index in [1.807, 2.05) is 19.1 Å². The Hall–Kier alpha value is -2.51. The smallest absolute Gasteiger partial charge is 0.247 e. The largest absolute Gasteiger partial charge is 0.495 e. The minimum absolute atomic E-state index is 0.0515. The van der Waals surface area contributed by atoms with Crippen molar-refractivity contribution in [3.05, 3.63) is 53.1 Å². The Balaban J connectivity index is 1.58. The summed E-state index contributed by atoms with van der Waals surface area (Å²) in [6.45, 7) is 2.04. The Morgan fingerprint density at radius 2 is 1.97 bits per heavy atom. The van der Waals surface area contributed by atoms with Gasteiger partial charge in [0.15, 0.2) is 0 Å². The fraction of sp³-hybridized carbons (Fsp3) is 0.286. The molecule has 1 saturated heterocycles. The molecule has 1 heterocycles. The minimum atomic E-state index is -0.571. The van der Waals surface area contributed by atoms with Crippen LogP contribution in [-0.4, -0.2) is 35.8 Å². The summed E-state index contributed by atoms with van der Waals surface area (Å²) in [5.41, 5.74) is 2.24. The molecule has 8 heteroatoms. The fourth-order valence-electron chi connectivity index (χ4n) is 3.00. The summed E-state index contributed by atoms with van der Waals surface area (Å²) < 4.78 is 5.08. The Kier molecular flexibility index (Phi) is 6.82. The number of rotatable bonds is 7. The van der Waals surface area contributed by atoms with Crippen LogP contribution in [0.3, 0.4) is 0 Å². The van der Waals surface area contributed by atoms with Crippen LogP contribution in [0, 0.1) is 0 Å². The standard InChI is InChI=1S/C21H21ClN2O4S/c1-3-13-4-7-15(8-5-13)24-20(26)11-18(21(24)27)29-12-19(25)23-14-6-9-17(28-2)16(22)10-14/h4-10,18H,3,11-12H2,1-2H3,(H,23,25)/t18-/m1/s1. The van der Waals surface area contributed by atoms with Gasteiger partial charge in [-0.15, -0.1) is 11.8 Å². The average molecular weight is 433 g/mol. The second-order valence-electron chi connectivity index (χ2n) is 6.49. The molecule has 0 bridgehead atoms. The molecular weight excluding hydrogens is 412 g/mol. The topological polar surface area (TPSA) is 75.7 Å². The maximum atomic E-state index is 12.7. The quantitative estimate of drug-likeness (QED) is 0.671. The number of methoxy groups -OCH3 is 1. The van der Waals surface area contributed by atoms with Crippen LogP contribution in [0.2, 0.25) is 5.02 Å². The third kappa shape index (κ3) is 4.92. The van der Waals surface area contributed by atoms with E-state index < -0.39 is 5.25 Å². The van der Waals surface area contributed by atoms with Gasteiger partial charge in [-0.2, -0.15) is 0 Å². The van der Waals surface area contributed by atoms with Crippen LogP contribution < -0.4 is 15.0 Å². The summed E-state index contributed by atoms with van der Waals surface area (Å²) in [4.78, 5) is 38.5. The first kappa shape index (κ1) is 21.2. The molecule has 6 nitrogen and oxygen atoms in total. The van der Waals surface area contributed by atoms with Crippen molar-refractivity contribution < 1.29 is 19.1 Å². The molecule has 0 spiro atoms. The summed E-state index contributed by atoms with van der Waals surface area (Å²) in [5.74, 6) is -0.248. The Bertz CT molecular complexity index is 933. The number of hydrogen-bond donors (Lipinski definition) is 1. The molecule has 1 N–H and O–H groups in total. The highest BCUT2D eigenvalue weighted by atomic mass is 35.5. The zero-order valence-corrected chi connectivity index (χ0v) is 17.7. The van der Waals surface area contributed by atoms with Crippen molar-refractivity contribution in [2.45, 2.75) is 25.0 Å². The lowest BCUT2D eigenvalue weighted by Gasteiger charge is -2.15. The van der Waals surface area contributed by atoms with Crippen molar-refractivity contribution in [2.75, 3.05) is 23.1 Å². The molecule has 0 unspecified atom stereocenters. The molecule has 3 amide bonds. The van der Waals surface area contributed by atoms with Gasteiger partial charge in [-0.25, -0.2) is 4.90 Å². The van der Waals surface area contributed by atoms with Gasteiger partial charge < -0.3 is 10.1 Å². The second-order valence-corrected chi connectivity index (χ2v) is 8.09. The first-order chi connectivity index (χ1) is 13.9. The van der Waals surface area contributed by atoms with E-state index in [1.165, 1.54) is 12.0 Å². The molecule has 0 saturated carbocycles. The summed E-state index contributed by atoms with van der Waals surface area (Å²) >= 11 is 7.21. The lowest BCUT2D eigenvalue weighted by atomic mass is 10.1. The monoisotopic (exact) mass is 432 g/mol. The third-order valence-corrected chi connectivity index (χ3v) is 6.05. The van der Waals surface area contributed by atoms with Crippen molar-refractivity contribution in [3.63, 3.8) is 0 Å². The van der Waals surface area contributed by atoms with Crippen LogP contribution in [0.4, 0.5) is 11.4 Å². The maximum Gasteiger partial charge on any atom is 0.247 e. The van der Waals surface area contributed by atoms with Crippen molar-refractivity contribution in [1.82, 2.24) is 0 Å². The summed E-state index contributed by atoms with van der Waals surface area (Å²) in [7, 11) is 1.51. The number of aryl methyl sites for hydroxylation is 1. The second kappa shape index (κ2) is 9.33. The van der Waals surface area contributed by atoms with Gasteiger partial charge in [0.25, 0.3) is 0 Å². The van der Waals surface area contributed by atoms with Crippen LogP contribution in [0.5, 0.6) is 5.75 Å². The van der Waals surface area contributed by atoms with Crippen LogP contribution in [0.25, 0.3) is 0 Å². The summed E-state index contributed by atoms with van der Waals surface area (Å²) in [5, 5.41) is 2.55. The van der Waals surface area contributed by atoms with Gasteiger partial charge in [-0.1, -0.05) is 30.7 Å². The maximum absolute atomic E-state index is 12.7. The van der Waals surface area contributed by atoms with E-state index in [9.17, 15) is 14.4 Å². The minimum Gasteiger partial charge on any atom is -0.495 e. The number of benzene rings is 2. The van der Waals surface area contributed by atoms with E-state index in [0.717, 1.165) is 23.7 Å². The first-order valence-electron chi connectivity index (χ1n) is 9.13. The number of nitrogens with one attached hydrogen (secondary N) is 1. The van der Waals surface area contributed by atoms with Crippen LogP contribution in [0.1, 0.15) is 18.9 Å². The molecular formula is C21H21ClN2O4S. The molecule has 2 aromatic carbocycles. The van der Waals surface area contributed by atoms with Gasteiger partial charge in [-0.05, 0) is 42.3 Å². The van der Waals surface area contributed by atoms with Crippen molar-refractivity contribution >= 4 is 52.5 Å². The number of carbonyl (C=O) groups excluding carboxylic acids is 3. The van der Waals surface area contributed by atoms with E-state index in [4.69, 9.17) is 16.3 Å². The lowest BCUT2D eigenvalue weighted by molar-refractivity contribution is -0.121. The Labute approximate surface area is 178 Å². The van der Waals surface area contributed by atoms with E-state index in [0.29, 0.717) is 22.1 Å². The number of anilines is 2. The number of hydrogen-bond acceptors (Lipinski definition) is 5. The molecule has 1 aliphatic rings. The number of nitrogens with zero attached hydrogens (tertiary/aromatic N) is 1. The van der Waals surface area contributed by atoms with E-state index in [1.54, 1.807) is 30.3 Å². The van der Waals surface area contributed by atoms with Crippen LogP contribution >= 0.6 is 23.4 Å². The van der Waals surface area contributed by atoms with Gasteiger partial charge in [0.2, 0.25) is 17.7 Å². The van der Waals surface area contributed by atoms with Crippen molar-refractivity contribution in [3.8, 4) is 5.75 Å². The van der Waals surface area contributed by atoms with Gasteiger partial charge in [-0.3, -0.25) is 14.4 Å². The van der Waals surface area contributed by atoms with E-state index in [2.05, 4.69) is 5.32 Å². The molecule has 152 valence electrons. The summed E-state index contributed by atoms with van der Waals surface area (Å²) in [6, 6.07) is 12.3. The van der Waals surface area contributed by atoms with Crippen molar-refractivity contribution in [2.24, 2.45) is 0 Å². The van der Waals surface area contributed by atoms with Gasteiger partial charge in [0.05, 0.1) is 28.8 Å². The first-order valence-corrected chi connectivity index (χ1v) is 10.6. The van der Waals surface area contributed by atoms with Crippen molar-refractivity contribution in [1.29, 1.82) is 0 Å². The SMILES string of the molecule is CCc1ccc(N2C(=O)C[C@@H](SCC(=O)Nc3ccc(OC)c(Cl)c3)C2=O)cc1. The van der Waals surface area contributed by atoms with Crippen LogP contribution in [0.15, 0.2) is 42.5 Å². The van der Waals surface area contributed by atoms with Gasteiger partial charge in [0, 0.05) is 12.1 Å². The predicted molar refractivity (Wildman–Crippen MR) is 116 cm³/mol. The highest BCUT2D eigenvalue weighted by molar-refractivity contribution is 8.01. The lowest BCUT2D eigenvalue weighted by Crippen LogP contribution is -2.31. The number of carbonyl (C=O) groups is 3. The summed E-state index contributed by atoms with van der Waals surface area (Å²) in [6.07, 6.45) is 0.968. The zero-order valence-electron chi connectivity index (χ0n) is 16.1. The molecule has 3 rings (SSSR count). The number of thioether (sulfide) groups is 1. The number of halogens is 1. The van der Waals surface area contributed by atoms with Gasteiger partial charge >= 0.3 is 0 Å². The molecule has 0 aromatic heterocycles. The molecule has 1 fully saturated rings. The number of imide groups is 1. The number of ether oxygens (including phenoxy) is 1. The highest BCUT2D eigenvalue weighted by Gasteiger charge is 2.40. The van der Waals surface area contributed by atoms with Gasteiger partial charge in [0.1, 0.15) is 5.75 Å². The normalized spacial score (nSPS) is 16.2. The molecule has 2 aromatic rings. The zero-order chi connectivity index (χ0) is 21.0. The molecule has 1 aliphatic heterocycles. The average Bonchev–Trinajstić information content (AvgIpc) is 3.00. The van der Waals surface area contributed by atoms with E-state index in [-0.39, 0.29) is 29.9 Å². The Morgan fingerprint density at radius 1 is 1.24 bits per heavy atom. The molecule has 29 heavy (non-hydrogen) atoms. The van der Waals surface area contributed by atoms with Crippen LogP contribution in [-0.2, 0) is 20.8 Å². The fourth-order valence-corrected chi connectivity index (χ4v) is 4.19.